The molecule has 0 aliphatic heterocycles. The Hall–Kier alpha value is -1.14. The van der Waals surface area contributed by atoms with Crippen LogP contribution in [0.2, 0.25) is 0 Å². The van der Waals surface area contributed by atoms with Crippen LogP contribution in [0.4, 0.5) is 5.69 Å². The molecular formula is C14H18N2S. The topological polar surface area (TPSA) is 35.8 Å². The molecule has 1 aromatic carbocycles. The van der Waals surface area contributed by atoms with Crippen LogP contribution in [0.3, 0.4) is 0 Å². The Balaban J connectivity index is 2.06. The minimum atomic E-state index is 0.549. The van der Waals surface area contributed by atoms with Gasteiger partial charge in [-0.15, -0.1) is 0 Å². The van der Waals surface area contributed by atoms with Gasteiger partial charge in [0.05, 0.1) is 11.6 Å². The molecule has 0 amide bonds. The lowest BCUT2D eigenvalue weighted by Gasteiger charge is -2.31. The van der Waals surface area contributed by atoms with Crippen LogP contribution in [-0.2, 0) is 0 Å². The first-order valence-corrected chi connectivity index (χ1v) is 7.42. The zero-order valence-corrected chi connectivity index (χ0v) is 11.0. The molecule has 1 saturated carbocycles. The highest BCUT2D eigenvalue weighted by Gasteiger charge is 2.23. The van der Waals surface area contributed by atoms with Gasteiger partial charge in [0.1, 0.15) is 0 Å². The fourth-order valence-electron chi connectivity index (χ4n) is 2.44. The largest absolute Gasteiger partial charge is 0.381 e. The second-order valence-corrected chi connectivity index (χ2v) is 5.58. The van der Waals surface area contributed by atoms with E-state index in [2.05, 4.69) is 17.6 Å². The van der Waals surface area contributed by atoms with Gasteiger partial charge in [0, 0.05) is 17.0 Å². The van der Waals surface area contributed by atoms with Crippen LogP contribution < -0.4 is 5.32 Å². The quantitative estimate of drug-likeness (QED) is 0.884. The van der Waals surface area contributed by atoms with Crippen LogP contribution in [0.1, 0.15) is 31.2 Å². The summed E-state index contributed by atoms with van der Waals surface area (Å²) in [5, 5.41) is 13.2. The number of thioether (sulfide) groups is 1. The molecule has 1 fully saturated rings. The molecule has 17 heavy (non-hydrogen) atoms. The van der Waals surface area contributed by atoms with E-state index in [4.69, 9.17) is 5.26 Å². The number of benzene rings is 1. The van der Waals surface area contributed by atoms with Crippen LogP contribution in [0.5, 0.6) is 0 Å². The molecule has 0 heterocycles. The minimum absolute atomic E-state index is 0.549. The van der Waals surface area contributed by atoms with E-state index in [0.717, 1.165) is 11.3 Å². The minimum Gasteiger partial charge on any atom is -0.381 e. The SMILES string of the molecule is CSC1CCCCC1Nc1cccc(C#N)c1. The molecule has 1 N–H and O–H groups in total. The Labute approximate surface area is 107 Å². The van der Waals surface area contributed by atoms with Crippen LogP contribution in [-0.4, -0.2) is 17.5 Å². The van der Waals surface area contributed by atoms with Gasteiger partial charge in [0.25, 0.3) is 0 Å². The highest BCUT2D eigenvalue weighted by molar-refractivity contribution is 7.99. The maximum atomic E-state index is 8.88. The van der Waals surface area contributed by atoms with Gasteiger partial charge in [0.15, 0.2) is 0 Å². The Kier molecular flexibility index (Phi) is 4.33. The van der Waals surface area contributed by atoms with Crippen molar-refractivity contribution in [2.24, 2.45) is 0 Å². The number of anilines is 1. The smallest absolute Gasteiger partial charge is 0.0992 e. The van der Waals surface area contributed by atoms with Gasteiger partial charge >= 0.3 is 0 Å². The molecule has 3 heteroatoms. The van der Waals surface area contributed by atoms with Gasteiger partial charge < -0.3 is 5.32 Å². The summed E-state index contributed by atoms with van der Waals surface area (Å²) in [6, 6.07) is 10.5. The van der Waals surface area contributed by atoms with E-state index < -0.39 is 0 Å². The zero-order valence-electron chi connectivity index (χ0n) is 10.1. The molecule has 0 spiro atoms. The number of hydrogen-bond acceptors (Lipinski definition) is 3. The molecule has 2 atom stereocenters. The van der Waals surface area contributed by atoms with Crippen molar-refractivity contribution in [1.82, 2.24) is 0 Å². The van der Waals surface area contributed by atoms with Crippen molar-refractivity contribution in [3.63, 3.8) is 0 Å². The lowest BCUT2D eigenvalue weighted by molar-refractivity contribution is 0.475. The Bertz CT molecular complexity index is 411. The maximum Gasteiger partial charge on any atom is 0.0992 e. The maximum absolute atomic E-state index is 8.88. The number of nitrogens with zero attached hydrogens (tertiary/aromatic N) is 1. The van der Waals surface area contributed by atoms with E-state index in [-0.39, 0.29) is 0 Å². The molecule has 0 aromatic heterocycles. The van der Waals surface area contributed by atoms with E-state index in [9.17, 15) is 0 Å². The molecule has 90 valence electrons. The van der Waals surface area contributed by atoms with E-state index in [0.29, 0.717) is 11.3 Å². The Morgan fingerprint density at radius 3 is 2.94 bits per heavy atom. The molecule has 2 unspecified atom stereocenters. The van der Waals surface area contributed by atoms with Crippen molar-refractivity contribution < 1.29 is 0 Å². The lowest BCUT2D eigenvalue weighted by atomic mass is 9.94. The molecule has 0 bridgehead atoms. The van der Waals surface area contributed by atoms with Crippen molar-refractivity contribution >= 4 is 17.4 Å². The second kappa shape index (κ2) is 5.97. The first-order valence-electron chi connectivity index (χ1n) is 6.13. The van der Waals surface area contributed by atoms with Gasteiger partial charge in [-0.2, -0.15) is 17.0 Å². The average molecular weight is 246 g/mol. The van der Waals surface area contributed by atoms with Crippen molar-refractivity contribution in [2.45, 2.75) is 37.0 Å². The normalized spacial score (nSPS) is 24.0. The molecule has 1 aliphatic carbocycles. The highest BCUT2D eigenvalue weighted by atomic mass is 32.2. The molecule has 1 aromatic rings. The number of nitriles is 1. The molecule has 2 nitrogen and oxygen atoms in total. The molecule has 2 rings (SSSR count). The van der Waals surface area contributed by atoms with E-state index >= 15 is 0 Å². The van der Waals surface area contributed by atoms with Crippen LogP contribution in [0.15, 0.2) is 24.3 Å². The van der Waals surface area contributed by atoms with Crippen molar-refractivity contribution in [2.75, 3.05) is 11.6 Å². The Morgan fingerprint density at radius 2 is 2.18 bits per heavy atom. The van der Waals surface area contributed by atoms with Gasteiger partial charge in [0.2, 0.25) is 0 Å². The summed E-state index contributed by atoms with van der Waals surface area (Å²) in [5.41, 5.74) is 1.81. The third-order valence-corrected chi connectivity index (χ3v) is 4.52. The fourth-order valence-corrected chi connectivity index (χ4v) is 3.37. The van der Waals surface area contributed by atoms with Crippen molar-refractivity contribution in [3.8, 4) is 6.07 Å². The third-order valence-electron chi connectivity index (χ3n) is 3.35. The van der Waals surface area contributed by atoms with Crippen LogP contribution in [0, 0.1) is 11.3 Å². The highest BCUT2D eigenvalue weighted by Crippen LogP contribution is 2.29. The second-order valence-electron chi connectivity index (χ2n) is 4.50. The van der Waals surface area contributed by atoms with Gasteiger partial charge in [-0.3, -0.25) is 0 Å². The predicted octanol–water partition coefficient (Wildman–Crippen LogP) is 3.64. The summed E-state index contributed by atoms with van der Waals surface area (Å²) in [6.45, 7) is 0. The monoisotopic (exact) mass is 246 g/mol. The van der Waals surface area contributed by atoms with E-state index in [1.165, 1.54) is 25.7 Å². The van der Waals surface area contributed by atoms with Crippen LogP contribution >= 0.6 is 11.8 Å². The number of nitrogens with one attached hydrogen (secondary N) is 1. The fraction of sp³-hybridized carbons (Fsp3) is 0.500. The summed E-state index contributed by atoms with van der Waals surface area (Å²) in [6.07, 6.45) is 7.39. The molecule has 0 radical (unpaired) electrons. The van der Waals surface area contributed by atoms with Crippen LogP contribution in [0.25, 0.3) is 0 Å². The number of rotatable bonds is 3. The predicted molar refractivity (Wildman–Crippen MR) is 74.3 cm³/mol. The number of hydrogen-bond donors (Lipinski definition) is 1. The van der Waals surface area contributed by atoms with E-state index in [1.807, 2.05) is 36.0 Å². The summed E-state index contributed by atoms with van der Waals surface area (Å²) in [7, 11) is 0. The lowest BCUT2D eigenvalue weighted by Crippen LogP contribution is -2.34. The van der Waals surface area contributed by atoms with Crippen molar-refractivity contribution in [3.05, 3.63) is 29.8 Å². The first-order chi connectivity index (χ1) is 8.33. The summed E-state index contributed by atoms with van der Waals surface area (Å²) < 4.78 is 0. The first kappa shape index (κ1) is 12.3. The summed E-state index contributed by atoms with van der Waals surface area (Å²) in [5.74, 6) is 0. The average Bonchev–Trinajstić information content (AvgIpc) is 2.39. The van der Waals surface area contributed by atoms with E-state index in [1.54, 1.807) is 0 Å². The summed E-state index contributed by atoms with van der Waals surface area (Å²) in [4.78, 5) is 0. The standard InChI is InChI=1S/C14H18N2S/c1-17-14-8-3-2-7-13(14)16-12-6-4-5-11(9-12)10-15/h4-6,9,13-14,16H,2-3,7-8H2,1H3. The molecular weight excluding hydrogens is 228 g/mol. The Morgan fingerprint density at radius 1 is 1.35 bits per heavy atom. The third kappa shape index (κ3) is 3.17. The van der Waals surface area contributed by atoms with Crippen molar-refractivity contribution in [1.29, 1.82) is 5.26 Å². The molecule has 1 aliphatic rings. The zero-order chi connectivity index (χ0) is 12.1. The van der Waals surface area contributed by atoms with Gasteiger partial charge in [-0.05, 0) is 37.3 Å². The van der Waals surface area contributed by atoms with Gasteiger partial charge in [-0.1, -0.05) is 18.9 Å². The summed E-state index contributed by atoms with van der Waals surface area (Å²) >= 11 is 1.96. The van der Waals surface area contributed by atoms with Gasteiger partial charge in [-0.25, -0.2) is 0 Å². The molecule has 0 saturated heterocycles.